The zero-order valence-corrected chi connectivity index (χ0v) is 13.3. The summed E-state index contributed by atoms with van der Waals surface area (Å²) in [4.78, 5) is 22.2. The smallest absolute Gasteiger partial charge is 0.320 e. The van der Waals surface area contributed by atoms with Crippen LogP contribution in [0.2, 0.25) is 19.1 Å². The van der Waals surface area contributed by atoms with Gasteiger partial charge in [0.25, 0.3) is 0 Å². The fourth-order valence-electron chi connectivity index (χ4n) is 2.07. The third-order valence-corrected chi connectivity index (χ3v) is 5.58. The Morgan fingerprint density at radius 2 is 1.63 bits per heavy atom. The summed E-state index contributed by atoms with van der Waals surface area (Å²) in [6.45, 7) is 8.03. The normalized spacial score (nSPS) is 13.5. The molecule has 0 saturated heterocycles. The first kappa shape index (κ1) is 18.1. The Morgan fingerprint density at radius 3 is 2.00 bits per heavy atom. The topological polar surface area (TPSA) is 83.8 Å². The predicted octanol–water partition coefficient (Wildman–Crippen LogP) is 2.96. The summed E-state index contributed by atoms with van der Waals surface area (Å²) in [5, 5.41) is 18.1. The Morgan fingerprint density at radius 1 is 1.11 bits per heavy atom. The van der Waals surface area contributed by atoms with Crippen molar-refractivity contribution in [2.24, 2.45) is 5.92 Å². The number of carboxylic acid groups (broad SMARTS) is 2. The van der Waals surface area contributed by atoms with Gasteiger partial charge in [-0.05, 0) is 25.6 Å². The Kier molecular flexibility index (Phi) is 7.93. The molecule has 2 N–H and O–H groups in total. The van der Waals surface area contributed by atoms with Gasteiger partial charge in [0.2, 0.25) is 0 Å². The SMILES string of the molecule is CCCC[Si](C)(C)OC(CCC)C(C(=O)O)C(=O)O. The molecule has 6 heteroatoms. The Balaban J connectivity index is 4.88. The summed E-state index contributed by atoms with van der Waals surface area (Å²) < 4.78 is 5.94. The van der Waals surface area contributed by atoms with Crippen LogP contribution in [0.25, 0.3) is 0 Å². The van der Waals surface area contributed by atoms with E-state index in [1.165, 1.54) is 0 Å². The van der Waals surface area contributed by atoms with Gasteiger partial charge in [-0.15, -0.1) is 0 Å². The minimum absolute atomic E-state index is 0.464. The second-order valence-corrected chi connectivity index (χ2v) is 9.72. The molecule has 1 unspecified atom stereocenters. The van der Waals surface area contributed by atoms with Gasteiger partial charge in [0.05, 0.1) is 6.10 Å². The Hall–Kier alpha value is -0.883. The van der Waals surface area contributed by atoms with E-state index in [4.69, 9.17) is 14.6 Å². The predicted molar refractivity (Wildman–Crippen MR) is 75.7 cm³/mol. The molecule has 5 nitrogen and oxygen atoms in total. The lowest BCUT2D eigenvalue weighted by Gasteiger charge is -2.31. The van der Waals surface area contributed by atoms with Gasteiger partial charge in [0.1, 0.15) is 0 Å². The number of rotatable bonds is 10. The molecule has 0 aliphatic heterocycles. The van der Waals surface area contributed by atoms with Crippen LogP contribution < -0.4 is 0 Å². The summed E-state index contributed by atoms with van der Waals surface area (Å²) >= 11 is 0. The first-order chi connectivity index (χ1) is 8.75. The second kappa shape index (κ2) is 8.32. The van der Waals surface area contributed by atoms with E-state index in [-0.39, 0.29) is 0 Å². The fraction of sp³-hybridized carbons (Fsp3) is 0.846. The maximum atomic E-state index is 11.1. The zero-order valence-electron chi connectivity index (χ0n) is 12.3. The van der Waals surface area contributed by atoms with E-state index < -0.39 is 32.3 Å². The maximum Gasteiger partial charge on any atom is 0.320 e. The van der Waals surface area contributed by atoms with Crippen molar-refractivity contribution < 1.29 is 24.2 Å². The molecule has 0 aromatic heterocycles. The first-order valence-corrected chi connectivity index (χ1v) is 10.00. The first-order valence-electron chi connectivity index (χ1n) is 6.88. The van der Waals surface area contributed by atoms with Gasteiger partial charge in [-0.3, -0.25) is 9.59 Å². The van der Waals surface area contributed by atoms with Crippen molar-refractivity contribution in [1.29, 1.82) is 0 Å². The molecule has 112 valence electrons. The van der Waals surface area contributed by atoms with Crippen LogP contribution in [0.3, 0.4) is 0 Å². The van der Waals surface area contributed by atoms with E-state index in [0.717, 1.165) is 18.9 Å². The Labute approximate surface area is 116 Å². The molecule has 19 heavy (non-hydrogen) atoms. The molecule has 0 saturated carbocycles. The third-order valence-electron chi connectivity index (χ3n) is 3.08. The molecule has 0 amide bonds. The maximum absolute atomic E-state index is 11.1. The summed E-state index contributed by atoms with van der Waals surface area (Å²) in [5.74, 6) is -4.09. The molecule has 0 heterocycles. The summed E-state index contributed by atoms with van der Waals surface area (Å²) in [7, 11) is -2.01. The van der Waals surface area contributed by atoms with E-state index in [1.807, 2.05) is 20.0 Å². The number of carboxylic acids is 2. The minimum Gasteiger partial charge on any atom is -0.481 e. The fourth-order valence-corrected chi connectivity index (χ4v) is 4.47. The van der Waals surface area contributed by atoms with Crippen LogP contribution in [-0.2, 0) is 14.0 Å². The van der Waals surface area contributed by atoms with Crippen LogP contribution in [0, 0.1) is 5.92 Å². The molecule has 0 fully saturated rings. The van der Waals surface area contributed by atoms with Gasteiger partial charge in [0.15, 0.2) is 14.2 Å². The highest BCUT2D eigenvalue weighted by molar-refractivity contribution is 6.71. The van der Waals surface area contributed by atoms with Gasteiger partial charge in [0, 0.05) is 0 Å². The number of unbranched alkanes of at least 4 members (excludes halogenated alkanes) is 1. The quantitative estimate of drug-likeness (QED) is 0.477. The van der Waals surface area contributed by atoms with Gasteiger partial charge in [-0.2, -0.15) is 0 Å². The molecule has 0 rings (SSSR count). The lowest BCUT2D eigenvalue weighted by molar-refractivity contribution is -0.159. The highest BCUT2D eigenvalue weighted by Crippen LogP contribution is 2.24. The monoisotopic (exact) mass is 290 g/mol. The lowest BCUT2D eigenvalue weighted by Crippen LogP contribution is -2.44. The van der Waals surface area contributed by atoms with Crippen LogP contribution in [0.4, 0.5) is 0 Å². The second-order valence-electron chi connectivity index (χ2n) is 5.46. The standard InChI is InChI=1S/C13H26O5Si/c1-5-7-9-19(3,4)18-10(8-6-2)11(12(14)15)13(16)17/h10-11H,5-9H2,1-4H3,(H,14,15)(H,16,17). The van der Waals surface area contributed by atoms with E-state index in [9.17, 15) is 9.59 Å². The van der Waals surface area contributed by atoms with Crippen LogP contribution in [-0.4, -0.2) is 36.6 Å². The molecular weight excluding hydrogens is 264 g/mol. The van der Waals surface area contributed by atoms with Crippen molar-refractivity contribution in [2.75, 3.05) is 0 Å². The molecule has 0 radical (unpaired) electrons. The highest BCUT2D eigenvalue weighted by atomic mass is 28.4. The average molecular weight is 290 g/mol. The van der Waals surface area contributed by atoms with Crippen molar-refractivity contribution in [2.45, 2.75) is 64.8 Å². The summed E-state index contributed by atoms with van der Waals surface area (Å²) in [6, 6.07) is 0.926. The molecule has 0 aliphatic carbocycles. The molecular formula is C13H26O5Si. The molecule has 0 aliphatic rings. The van der Waals surface area contributed by atoms with Crippen LogP contribution in [0.5, 0.6) is 0 Å². The van der Waals surface area contributed by atoms with Gasteiger partial charge < -0.3 is 14.6 Å². The van der Waals surface area contributed by atoms with E-state index in [2.05, 4.69) is 6.92 Å². The molecule has 0 aromatic carbocycles. The van der Waals surface area contributed by atoms with E-state index >= 15 is 0 Å². The van der Waals surface area contributed by atoms with E-state index in [0.29, 0.717) is 12.8 Å². The number of aliphatic carboxylic acids is 2. The third kappa shape index (κ3) is 6.73. The van der Waals surface area contributed by atoms with Crippen molar-refractivity contribution >= 4 is 20.3 Å². The van der Waals surface area contributed by atoms with Crippen molar-refractivity contribution in [3.05, 3.63) is 0 Å². The van der Waals surface area contributed by atoms with Gasteiger partial charge in [-0.25, -0.2) is 0 Å². The average Bonchev–Trinajstić information content (AvgIpc) is 2.25. The number of hydrogen-bond donors (Lipinski definition) is 2. The zero-order chi connectivity index (χ0) is 15.1. The molecule has 0 spiro atoms. The summed E-state index contributed by atoms with van der Waals surface area (Å²) in [5.41, 5.74) is 0. The highest BCUT2D eigenvalue weighted by Gasteiger charge is 2.38. The molecule has 1 atom stereocenters. The summed E-state index contributed by atoms with van der Waals surface area (Å²) in [6.07, 6.45) is 2.53. The number of hydrogen-bond acceptors (Lipinski definition) is 3. The van der Waals surface area contributed by atoms with Gasteiger partial charge in [-0.1, -0.05) is 33.1 Å². The van der Waals surface area contributed by atoms with Crippen LogP contribution >= 0.6 is 0 Å². The molecule has 0 aromatic rings. The van der Waals surface area contributed by atoms with Crippen LogP contribution in [0.1, 0.15) is 39.5 Å². The van der Waals surface area contributed by atoms with E-state index in [1.54, 1.807) is 0 Å². The molecule has 0 bridgehead atoms. The van der Waals surface area contributed by atoms with Crippen LogP contribution in [0.15, 0.2) is 0 Å². The number of carbonyl (C=O) groups is 2. The van der Waals surface area contributed by atoms with Crippen molar-refractivity contribution in [1.82, 2.24) is 0 Å². The largest absolute Gasteiger partial charge is 0.481 e. The lowest BCUT2D eigenvalue weighted by atomic mass is 9.99. The Bertz CT molecular complexity index is 289. The minimum atomic E-state index is -2.01. The van der Waals surface area contributed by atoms with Crippen molar-refractivity contribution in [3.8, 4) is 0 Å². The van der Waals surface area contributed by atoms with Gasteiger partial charge >= 0.3 is 11.9 Å². The van der Waals surface area contributed by atoms with Crippen molar-refractivity contribution in [3.63, 3.8) is 0 Å².